The Balaban J connectivity index is 2.58. The summed E-state index contributed by atoms with van der Waals surface area (Å²) in [6, 6.07) is 3.91. The first kappa shape index (κ1) is 8.21. The van der Waals surface area contributed by atoms with E-state index < -0.39 is 0 Å². The van der Waals surface area contributed by atoms with Crippen molar-refractivity contribution in [3.63, 3.8) is 0 Å². The maximum atomic E-state index is 6.96. The van der Waals surface area contributed by atoms with E-state index in [9.17, 15) is 0 Å². The summed E-state index contributed by atoms with van der Waals surface area (Å²) in [7, 11) is 0. The molecule has 0 fully saturated rings. The summed E-state index contributed by atoms with van der Waals surface area (Å²) in [4.78, 5) is 4.28. The molecule has 1 aliphatic heterocycles. The molecule has 1 aromatic rings. The van der Waals surface area contributed by atoms with Crippen molar-refractivity contribution in [2.45, 2.75) is 13.3 Å². The van der Waals surface area contributed by atoms with Gasteiger partial charge in [0, 0.05) is 12.1 Å². The van der Waals surface area contributed by atoms with Crippen molar-refractivity contribution in [3.8, 4) is 0 Å². The minimum Gasteiger partial charge on any atom is -0.351 e. The highest BCUT2D eigenvalue weighted by Crippen LogP contribution is 2.31. The monoisotopic (exact) mass is 188 g/mol. The summed E-state index contributed by atoms with van der Waals surface area (Å²) in [5.74, 6) is 0. The zero-order valence-electron chi connectivity index (χ0n) is 7.22. The van der Waals surface area contributed by atoms with E-state index in [-0.39, 0.29) is 0 Å². The molecule has 2 nitrogen and oxygen atoms in total. The van der Waals surface area contributed by atoms with Gasteiger partial charge in [0.15, 0.2) is 5.69 Å². The Bertz CT molecular complexity index is 429. The van der Waals surface area contributed by atoms with Gasteiger partial charge in [0.1, 0.15) is 0 Å². The number of benzene rings is 1. The van der Waals surface area contributed by atoms with Gasteiger partial charge in [-0.3, -0.25) is 0 Å². The van der Waals surface area contributed by atoms with Gasteiger partial charge in [-0.05, 0) is 24.1 Å². The summed E-state index contributed by atoms with van der Waals surface area (Å²) >= 11 is 5.06. The van der Waals surface area contributed by atoms with Gasteiger partial charge in [-0.25, -0.2) is 4.85 Å². The van der Waals surface area contributed by atoms with Crippen LogP contribution in [0.5, 0.6) is 0 Å². The topological polar surface area (TPSA) is 16.4 Å². The van der Waals surface area contributed by atoms with E-state index in [1.165, 1.54) is 5.56 Å². The van der Waals surface area contributed by atoms with Crippen molar-refractivity contribution < 1.29 is 0 Å². The van der Waals surface area contributed by atoms with Crippen LogP contribution in [0.2, 0.25) is 0 Å². The molecule has 1 aromatic carbocycles. The number of hydrogen-bond donors (Lipinski definition) is 1. The Morgan fingerprint density at radius 1 is 1.54 bits per heavy atom. The summed E-state index contributed by atoms with van der Waals surface area (Å²) in [5, 5.41) is 3.09. The summed E-state index contributed by atoms with van der Waals surface area (Å²) in [6.07, 6.45) is 0.809. The lowest BCUT2D eigenvalue weighted by atomic mass is 10.1. The molecule has 0 atom stereocenters. The van der Waals surface area contributed by atoms with Gasteiger partial charge in [0.25, 0.3) is 0 Å². The van der Waals surface area contributed by atoms with Gasteiger partial charge in [0.2, 0.25) is 0 Å². The van der Waals surface area contributed by atoms with Crippen molar-refractivity contribution in [2.75, 3.05) is 5.32 Å². The van der Waals surface area contributed by atoms with Crippen molar-refractivity contribution in [1.29, 1.82) is 0 Å². The normalized spacial score (nSPS) is 13.4. The average molecular weight is 188 g/mol. The summed E-state index contributed by atoms with van der Waals surface area (Å²) in [6.45, 7) is 8.92. The minimum atomic E-state index is 0.705. The Hall–Kier alpha value is -1.40. The number of hydrogen-bond acceptors (Lipinski definition) is 1. The predicted molar refractivity (Wildman–Crippen MR) is 57.4 cm³/mol. The van der Waals surface area contributed by atoms with Gasteiger partial charge >= 0.3 is 0 Å². The van der Waals surface area contributed by atoms with Gasteiger partial charge in [0.05, 0.1) is 11.6 Å². The Morgan fingerprint density at radius 2 is 2.31 bits per heavy atom. The molecule has 0 spiro atoms. The Labute approximate surface area is 82.4 Å². The molecule has 0 aromatic heterocycles. The van der Waals surface area contributed by atoms with Gasteiger partial charge in [-0.1, -0.05) is 18.3 Å². The molecule has 2 rings (SSSR count). The molecule has 1 N–H and O–H groups in total. The molecule has 0 bridgehead atoms. The van der Waals surface area contributed by atoms with Crippen molar-refractivity contribution in [1.82, 2.24) is 0 Å². The highest BCUT2D eigenvalue weighted by atomic mass is 32.1. The van der Waals surface area contributed by atoms with E-state index in [1.807, 2.05) is 19.1 Å². The van der Waals surface area contributed by atoms with Crippen LogP contribution in [-0.4, -0.2) is 4.99 Å². The molecule has 0 saturated carbocycles. The number of nitrogens with zero attached hydrogens (tertiary/aromatic N) is 1. The fourth-order valence-electron chi connectivity index (χ4n) is 1.51. The second-order valence-electron chi connectivity index (χ2n) is 3.13. The molecule has 64 valence electrons. The molecule has 13 heavy (non-hydrogen) atoms. The lowest BCUT2D eigenvalue weighted by molar-refractivity contribution is 1.37. The van der Waals surface area contributed by atoms with E-state index in [2.05, 4.69) is 10.2 Å². The fraction of sp³-hybridized carbons (Fsp3) is 0.200. The maximum absolute atomic E-state index is 6.96. The standard InChI is InChI=1S/C10H8N2S/c1-6-3-7-4-10(13)12-9(7)5-8(6)11-2/h3,5H,4H2,1H3,(H,12,13). The number of fused-ring (bicyclic) bond motifs is 1. The van der Waals surface area contributed by atoms with Crippen LogP contribution in [0.3, 0.4) is 0 Å². The van der Waals surface area contributed by atoms with Gasteiger partial charge < -0.3 is 5.32 Å². The van der Waals surface area contributed by atoms with Crippen LogP contribution in [0.15, 0.2) is 12.1 Å². The highest BCUT2D eigenvalue weighted by molar-refractivity contribution is 7.80. The Morgan fingerprint density at radius 3 is 3.00 bits per heavy atom. The van der Waals surface area contributed by atoms with Crippen LogP contribution in [0, 0.1) is 13.5 Å². The Kier molecular flexibility index (Phi) is 1.78. The van der Waals surface area contributed by atoms with Crippen LogP contribution >= 0.6 is 12.2 Å². The second-order valence-corrected chi connectivity index (χ2v) is 3.63. The molecule has 0 radical (unpaired) electrons. The number of thiocarbonyl (C=S) groups is 1. The van der Waals surface area contributed by atoms with E-state index in [4.69, 9.17) is 18.8 Å². The molecule has 1 heterocycles. The number of anilines is 1. The molecular formula is C10H8N2S. The van der Waals surface area contributed by atoms with Crippen LogP contribution < -0.4 is 5.32 Å². The van der Waals surface area contributed by atoms with Crippen LogP contribution in [-0.2, 0) is 6.42 Å². The smallest absolute Gasteiger partial charge is 0.192 e. The largest absolute Gasteiger partial charge is 0.351 e. The van der Waals surface area contributed by atoms with Crippen LogP contribution in [0.1, 0.15) is 11.1 Å². The van der Waals surface area contributed by atoms with Crippen LogP contribution in [0.25, 0.3) is 4.85 Å². The van der Waals surface area contributed by atoms with Gasteiger partial charge in [-0.15, -0.1) is 0 Å². The quantitative estimate of drug-likeness (QED) is 0.498. The third-order valence-corrected chi connectivity index (χ3v) is 2.41. The van der Waals surface area contributed by atoms with Gasteiger partial charge in [-0.2, -0.15) is 0 Å². The SMILES string of the molecule is [C-]#[N+]c1cc2c(cc1C)CC(=S)N2. The molecule has 1 aliphatic rings. The van der Waals surface area contributed by atoms with E-state index in [0.717, 1.165) is 22.7 Å². The number of aryl methyl sites for hydroxylation is 1. The molecule has 3 heteroatoms. The summed E-state index contributed by atoms with van der Waals surface area (Å²) < 4.78 is 0. The molecule has 0 aliphatic carbocycles. The number of nitrogens with one attached hydrogen (secondary N) is 1. The lowest BCUT2D eigenvalue weighted by Crippen LogP contribution is -2.00. The molecule has 0 unspecified atom stereocenters. The van der Waals surface area contributed by atoms with Crippen molar-refractivity contribution in [3.05, 3.63) is 34.7 Å². The zero-order valence-corrected chi connectivity index (χ0v) is 8.03. The molecular weight excluding hydrogens is 180 g/mol. The first-order valence-electron chi connectivity index (χ1n) is 4.01. The lowest BCUT2D eigenvalue weighted by Gasteiger charge is -2.02. The van der Waals surface area contributed by atoms with Crippen molar-refractivity contribution >= 4 is 28.6 Å². The summed E-state index contributed by atoms with van der Waals surface area (Å²) in [5.41, 5.74) is 3.94. The molecule has 0 amide bonds. The van der Waals surface area contributed by atoms with E-state index >= 15 is 0 Å². The number of rotatable bonds is 0. The van der Waals surface area contributed by atoms with E-state index in [1.54, 1.807) is 0 Å². The predicted octanol–water partition coefficient (Wildman–Crippen LogP) is 2.84. The highest BCUT2D eigenvalue weighted by Gasteiger charge is 2.15. The molecule has 0 saturated heterocycles. The third kappa shape index (κ3) is 1.30. The average Bonchev–Trinajstić information content (AvgIpc) is 2.42. The zero-order chi connectivity index (χ0) is 9.42. The fourth-order valence-corrected chi connectivity index (χ4v) is 1.77. The van der Waals surface area contributed by atoms with Crippen molar-refractivity contribution in [2.24, 2.45) is 0 Å². The maximum Gasteiger partial charge on any atom is 0.192 e. The second kappa shape index (κ2) is 2.82. The first-order valence-corrected chi connectivity index (χ1v) is 4.42. The first-order chi connectivity index (χ1) is 6.20. The van der Waals surface area contributed by atoms with Crippen LogP contribution in [0.4, 0.5) is 11.4 Å². The third-order valence-electron chi connectivity index (χ3n) is 2.17. The minimum absolute atomic E-state index is 0.705. The van der Waals surface area contributed by atoms with E-state index in [0.29, 0.717) is 5.69 Å².